The number of halogens is 5. The maximum absolute atomic E-state index is 13.6. The van der Waals surface area contributed by atoms with Crippen LogP contribution in [-0.2, 0) is 27.3 Å². The standard InChI is InChI=1S/C25H21ClF4N6O5S/c1-13-8-20(25(28,29)30)34-36(13)21-17(11-31-24(33-21)32-15-4-5-19(27)18(26)10-15)14-9-16(23(38)41-2)22(37)35(12-14)6-7-42(3,39)40/h4-5,8-12H,6-7H2,1-3H3,(H,31,32,33). The molecule has 4 aromatic rings. The van der Waals surface area contributed by atoms with Gasteiger partial charge in [0.2, 0.25) is 5.95 Å². The predicted molar refractivity (Wildman–Crippen MR) is 144 cm³/mol. The first-order chi connectivity index (χ1) is 19.6. The lowest BCUT2D eigenvalue weighted by atomic mass is 10.1. The summed E-state index contributed by atoms with van der Waals surface area (Å²) in [6.45, 7) is 1.02. The molecular formula is C25H21ClF4N6O5S. The van der Waals surface area contributed by atoms with Crippen LogP contribution in [0.1, 0.15) is 21.7 Å². The van der Waals surface area contributed by atoms with Crippen molar-refractivity contribution in [1.82, 2.24) is 24.3 Å². The van der Waals surface area contributed by atoms with Crippen LogP contribution in [-0.4, -0.2) is 57.8 Å². The van der Waals surface area contributed by atoms with Gasteiger partial charge in [-0.1, -0.05) is 11.6 Å². The van der Waals surface area contributed by atoms with E-state index in [2.05, 4.69) is 20.4 Å². The highest BCUT2D eigenvalue weighted by molar-refractivity contribution is 7.90. The van der Waals surface area contributed by atoms with E-state index in [9.17, 15) is 35.6 Å². The molecule has 1 N–H and O–H groups in total. The molecule has 0 amide bonds. The number of esters is 1. The first-order valence-corrected chi connectivity index (χ1v) is 14.3. The summed E-state index contributed by atoms with van der Waals surface area (Å²) in [5, 5.41) is 6.23. The Morgan fingerprint density at radius 1 is 1.19 bits per heavy atom. The summed E-state index contributed by atoms with van der Waals surface area (Å²) >= 11 is 5.83. The number of nitrogens with zero attached hydrogens (tertiary/aromatic N) is 5. The molecule has 0 saturated carbocycles. The molecule has 0 atom stereocenters. The first kappa shape index (κ1) is 30.6. The van der Waals surface area contributed by atoms with E-state index in [0.29, 0.717) is 0 Å². The third kappa shape index (κ3) is 6.76. The number of methoxy groups -OCH3 is 1. The zero-order valence-electron chi connectivity index (χ0n) is 22.0. The van der Waals surface area contributed by atoms with Crippen molar-refractivity contribution in [2.45, 2.75) is 19.6 Å². The van der Waals surface area contributed by atoms with Gasteiger partial charge in [-0.25, -0.2) is 27.3 Å². The van der Waals surface area contributed by atoms with E-state index < -0.39 is 50.4 Å². The fraction of sp³-hybridized carbons (Fsp3) is 0.240. The summed E-state index contributed by atoms with van der Waals surface area (Å²) in [4.78, 5) is 33.9. The smallest absolute Gasteiger partial charge is 0.435 e. The maximum atomic E-state index is 13.6. The normalized spacial score (nSPS) is 11.9. The van der Waals surface area contributed by atoms with Gasteiger partial charge in [0.1, 0.15) is 21.2 Å². The van der Waals surface area contributed by atoms with Gasteiger partial charge in [-0.3, -0.25) is 4.79 Å². The highest BCUT2D eigenvalue weighted by atomic mass is 35.5. The Labute approximate surface area is 240 Å². The third-order valence-electron chi connectivity index (χ3n) is 5.83. The van der Waals surface area contributed by atoms with Crippen molar-refractivity contribution in [2.75, 3.05) is 24.4 Å². The first-order valence-electron chi connectivity index (χ1n) is 11.8. The Morgan fingerprint density at radius 2 is 1.90 bits per heavy atom. The monoisotopic (exact) mass is 628 g/mol. The van der Waals surface area contributed by atoms with E-state index in [1.54, 1.807) is 0 Å². The van der Waals surface area contributed by atoms with Crippen molar-refractivity contribution in [2.24, 2.45) is 0 Å². The number of aromatic nitrogens is 5. The number of sulfone groups is 1. The van der Waals surface area contributed by atoms with E-state index >= 15 is 0 Å². The number of hydrogen-bond donors (Lipinski definition) is 1. The number of hydrogen-bond acceptors (Lipinski definition) is 9. The van der Waals surface area contributed by atoms with Crippen LogP contribution in [0.5, 0.6) is 0 Å². The van der Waals surface area contributed by atoms with E-state index in [1.807, 2.05) is 0 Å². The Hall–Kier alpha value is -4.31. The molecule has 0 aliphatic rings. The second-order valence-corrected chi connectivity index (χ2v) is 11.7. The number of carbonyl (C=O) groups is 1. The van der Waals surface area contributed by atoms with Crippen molar-refractivity contribution in [3.8, 4) is 16.9 Å². The highest BCUT2D eigenvalue weighted by Gasteiger charge is 2.35. The van der Waals surface area contributed by atoms with Crippen LogP contribution in [0.4, 0.5) is 29.2 Å². The molecule has 4 rings (SSSR count). The number of nitrogens with one attached hydrogen (secondary N) is 1. The molecule has 0 aliphatic carbocycles. The Kier molecular flexibility index (Phi) is 8.41. The van der Waals surface area contributed by atoms with Crippen LogP contribution in [0.2, 0.25) is 5.02 Å². The van der Waals surface area contributed by atoms with Gasteiger partial charge in [-0.05, 0) is 37.3 Å². The van der Waals surface area contributed by atoms with Gasteiger partial charge in [0, 0.05) is 47.7 Å². The second kappa shape index (κ2) is 11.5. The van der Waals surface area contributed by atoms with Gasteiger partial charge in [0.05, 0.1) is 17.9 Å². The SMILES string of the molecule is COC(=O)c1cc(-c2cnc(Nc3ccc(F)c(Cl)c3)nc2-n2nc(C(F)(F)F)cc2C)cn(CCS(C)(=O)=O)c1=O. The lowest BCUT2D eigenvalue weighted by Gasteiger charge is -2.15. The maximum Gasteiger partial charge on any atom is 0.435 e. The number of rotatable bonds is 8. The largest absolute Gasteiger partial charge is 0.465 e. The topological polar surface area (TPSA) is 138 Å². The summed E-state index contributed by atoms with van der Waals surface area (Å²) in [6.07, 6.45) is -1.40. The molecule has 11 nitrogen and oxygen atoms in total. The minimum absolute atomic E-state index is 0.0240. The Bertz CT molecular complexity index is 1860. The summed E-state index contributed by atoms with van der Waals surface area (Å²) in [5.74, 6) is -2.50. The van der Waals surface area contributed by atoms with Crippen molar-refractivity contribution in [3.05, 3.63) is 80.9 Å². The Balaban J connectivity index is 1.95. The lowest BCUT2D eigenvalue weighted by molar-refractivity contribution is -0.141. The molecule has 222 valence electrons. The zero-order chi connectivity index (χ0) is 31.0. The molecular weight excluding hydrogens is 608 g/mol. The number of benzene rings is 1. The Morgan fingerprint density at radius 3 is 2.50 bits per heavy atom. The molecule has 0 radical (unpaired) electrons. The van der Waals surface area contributed by atoms with E-state index in [4.69, 9.17) is 16.3 Å². The van der Waals surface area contributed by atoms with Gasteiger partial charge in [0.25, 0.3) is 5.56 Å². The second-order valence-electron chi connectivity index (χ2n) is 9.03. The number of ether oxygens (including phenoxy) is 1. The van der Waals surface area contributed by atoms with Crippen LogP contribution in [0, 0.1) is 12.7 Å². The number of carbonyl (C=O) groups excluding carboxylic acids is 1. The van der Waals surface area contributed by atoms with Gasteiger partial charge in [-0.2, -0.15) is 23.3 Å². The van der Waals surface area contributed by atoms with Gasteiger partial charge in [-0.15, -0.1) is 0 Å². The average Bonchev–Trinajstić information content (AvgIpc) is 3.31. The average molecular weight is 629 g/mol. The molecule has 0 unspecified atom stereocenters. The molecule has 0 aliphatic heterocycles. The molecule has 42 heavy (non-hydrogen) atoms. The molecule has 0 spiro atoms. The molecule has 17 heteroatoms. The van der Waals surface area contributed by atoms with Crippen LogP contribution < -0.4 is 10.9 Å². The summed E-state index contributed by atoms with van der Waals surface area (Å²) in [6, 6.07) is 5.59. The van der Waals surface area contributed by atoms with Crippen molar-refractivity contribution in [3.63, 3.8) is 0 Å². The summed E-state index contributed by atoms with van der Waals surface area (Å²) < 4.78 is 84.3. The van der Waals surface area contributed by atoms with Crippen LogP contribution in [0.15, 0.2) is 47.5 Å². The summed E-state index contributed by atoms with van der Waals surface area (Å²) in [7, 11) is -2.49. The third-order valence-corrected chi connectivity index (χ3v) is 7.04. The number of aryl methyl sites for hydroxylation is 2. The summed E-state index contributed by atoms with van der Waals surface area (Å²) in [5.41, 5.74) is -2.15. The minimum atomic E-state index is -4.79. The predicted octanol–water partition coefficient (Wildman–Crippen LogP) is 4.19. The molecule has 0 bridgehead atoms. The highest BCUT2D eigenvalue weighted by Crippen LogP contribution is 2.32. The number of anilines is 2. The molecule has 3 heterocycles. The van der Waals surface area contributed by atoms with E-state index in [1.165, 1.54) is 31.5 Å². The van der Waals surface area contributed by atoms with Crippen LogP contribution in [0.25, 0.3) is 16.9 Å². The lowest BCUT2D eigenvalue weighted by Crippen LogP contribution is -2.29. The van der Waals surface area contributed by atoms with E-state index in [0.717, 1.165) is 40.8 Å². The van der Waals surface area contributed by atoms with Crippen molar-refractivity contribution in [1.29, 1.82) is 0 Å². The van der Waals surface area contributed by atoms with Gasteiger partial charge in [0.15, 0.2) is 11.5 Å². The number of pyridine rings is 1. The number of alkyl halides is 3. The van der Waals surface area contributed by atoms with Crippen LogP contribution in [0.3, 0.4) is 0 Å². The van der Waals surface area contributed by atoms with Gasteiger partial charge >= 0.3 is 12.1 Å². The van der Waals surface area contributed by atoms with E-state index in [-0.39, 0.29) is 45.8 Å². The molecule has 0 saturated heterocycles. The molecule has 1 aromatic carbocycles. The molecule has 3 aromatic heterocycles. The quantitative estimate of drug-likeness (QED) is 0.225. The van der Waals surface area contributed by atoms with Crippen molar-refractivity contribution < 1.29 is 35.5 Å². The van der Waals surface area contributed by atoms with Crippen LogP contribution >= 0.6 is 11.6 Å². The molecule has 0 fully saturated rings. The fourth-order valence-corrected chi connectivity index (χ4v) is 4.51. The van der Waals surface area contributed by atoms with Gasteiger partial charge < -0.3 is 14.6 Å². The van der Waals surface area contributed by atoms with Crippen molar-refractivity contribution >= 4 is 39.0 Å². The fourth-order valence-electron chi connectivity index (χ4n) is 3.80. The zero-order valence-corrected chi connectivity index (χ0v) is 23.6. The minimum Gasteiger partial charge on any atom is -0.465 e.